The number of carbonyl (C=O) groups excluding carboxylic acids is 1. The molecule has 0 aliphatic carbocycles. The molecule has 0 atom stereocenters. The molecule has 6 nitrogen and oxygen atoms in total. The lowest BCUT2D eigenvalue weighted by Crippen LogP contribution is -2.25. The lowest BCUT2D eigenvalue weighted by molar-refractivity contribution is -0.116. The van der Waals surface area contributed by atoms with Crippen LogP contribution in [0.5, 0.6) is 0 Å². The van der Waals surface area contributed by atoms with E-state index in [1.807, 2.05) is 44.2 Å². The van der Waals surface area contributed by atoms with Crippen LogP contribution in [0.3, 0.4) is 0 Å². The Kier molecular flexibility index (Phi) is 5.65. The minimum atomic E-state index is -0.371. The average Bonchev–Trinajstić information content (AvgIpc) is 3.13. The number of hydrogen-bond acceptors (Lipinski definition) is 3. The summed E-state index contributed by atoms with van der Waals surface area (Å²) in [7, 11) is 1.73. The molecule has 0 spiro atoms. The Morgan fingerprint density at radius 3 is 2.50 bits per heavy atom. The number of aromatic nitrogens is 3. The quantitative estimate of drug-likeness (QED) is 0.510. The van der Waals surface area contributed by atoms with E-state index in [4.69, 9.17) is 0 Å². The molecule has 1 N–H and O–H groups in total. The second-order valence-corrected chi connectivity index (χ2v) is 8.01. The first-order chi connectivity index (χ1) is 15.3. The number of nitrogens with one attached hydrogen (secondary N) is 1. The van der Waals surface area contributed by atoms with E-state index in [2.05, 4.69) is 10.4 Å². The number of hydrogen-bond donors (Lipinski definition) is 1. The van der Waals surface area contributed by atoms with Crippen LogP contribution < -0.4 is 10.9 Å². The number of rotatable bonds is 5. The van der Waals surface area contributed by atoms with E-state index < -0.39 is 0 Å². The van der Waals surface area contributed by atoms with Crippen molar-refractivity contribution < 1.29 is 9.18 Å². The summed E-state index contributed by atoms with van der Waals surface area (Å²) in [5.41, 5.74) is 4.59. The third-order valence-electron chi connectivity index (χ3n) is 5.80. The van der Waals surface area contributed by atoms with Crippen LogP contribution in [0.4, 0.5) is 10.1 Å². The largest absolute Gasteiger partial charge is 0.326 e. The predicted octanol–water partition coefficient (Wildman–Crippen LogP) is 4.36. The molecule has 0 aliphatic heterocycles. The number of carbonyl (C=O) groups is 1. The number of amides is 1. The summed E-state index contributed by atoms with van der Waals surface area (Å²) in [6, 6.07) is 14.2. The van der Waals surface area contributed by atoms with Gasteiger partial charge in [0.15, 0.2) is 0 Å². The Balaban J connectivity index is 1.65. The third kappa shape index (κ3) is 3.82. The van der Waals surface area contributed by atoms with Crippen molar-refractivity contribution in [3.05, 3.63) is 87.1 Å². The van der Waals surface area contributed by atoms with Crippen molar-refractivity contribution in [2.45, 2.75) is 33.6 Å². The molecule has 7 heteroatoms. The van der Waals surface area contributed by atoms with E-state index in [9.17, 15) is 14.0 Å². The number of para-hydroxylation sites is 1. The van der Waals surface area contributed by atoms with Crippen molar-refractivity contribution >= 4 is 22.6 Å². The van der Waals surface area contributed by atoms with E-state index in [0.29, 0.717) is 16.8 Å². The maximum atomic E-state index is 13.7. The van der Waals surface area contributed by atoms with Gasteiger partial charge in [0.05, 0.1) is 11.4 Å². The monoisotopic (exact) mass is 432 g/mol. The fraction of sp³-hybridized carbons (Fsp3) is 0.240. The van der Waals surface area contributed by atoms with Crippen molar-refractivity contribution in [1.82, 2.24) is 14.3 Å². The van der Waals surface area contributed by atoms with E-state index in [1.54, 1.807) is 35.4 Å². The summed E-state index contributed by atoms with van der Waals surface area (Å²) in [5, 5.41) is 8.29. The van der Waals surface area contributed by atoms with Crippen molar-refractivity contribution in [1.29, 1.82) is 0 Å². The molecule has 0 bridgehead atoms. The van der Waals surface area contributed by atoms with Gasteiger partial charge in [-0.1, -0.05) is 24.3 Å². The van der Waals surface area contributed by atoms with Gasteiger partial charge in [-0.15, -0.1) is 0 Å². The van der Waals surface area contributed by atoms with Gasteiger partial charge in [-0.25, -0.2) is 9.07 Å². The highest BCUT2D eigenvalue weighted by molar-refractivity contribution is 5.91. The van der Waals surface area contributed by atoms with Crippen LogP contribution in [-0.2, 0) is 18.3 Å². The highest BCUT2D eigenvalue weighted by Crippen LogP contribution is 2.26. The van der Waals surface area contributed by atoms with Crippen LogP contribution >= 0.6 is 0 Å². The maximum Gasteiger partial charge on any atom is 0.255 e. The van der Waals surface area contributed by atoms with Gasteiger partial charge in [0.25, 0.3) is 5.56 Å². The highest BCUT2D eigenvalue weighted by Gasteiger charge is 2.20. The molecule has 1 amide bonds. The Hall–Kier alpha value is -3.74. The first kappa shape index (κ1) is 21.5. The molecule has 2 aromatic heterocycles. The van der Waals surface area contributed by atoms with Crippen LogP contribution in [0.2, 0.25) is 0 Å². The molecule has 0 fully saturated rings. The molecule has 2 aromatic carbocycles. The lowest BCUT2D eigenvalue weighted by atomic mass is 10.0. The molecule has 32 heavy (non-hydrogen) atoms. The Morgan fingerprint density at radius 2 is 1.81 bits per heavy atom. The van der Waals surface area contributed by atoms with E-state index in [0.717, 1.165) is 28.0 Å². The zero-order valence-corrected chi connectivity index (χ0v) is 18.6. The fourth-order valence-corrected chi connectivity index (χ4v) is 4.05. The van der Waals surface area contributed by atoms with E-state index in [-0.39, 0.29) is 30.1 Å². The van der Waals surface area contributed by atoms with Crippen LogP contribution in [-0.4, -0.2) is 20.3 Å². The molecule has 0 saturated heterocycles. The zero-order valence-electron chi connectivity index (χ0n) is 18.6. The average molecular weight is 432 g/mol. The number of nitrogens with zero attached hydrogens (tertiary/aromatic N) is 3. The summed E-state index contributed by atoms with van der Waals surface area (Å²) in [5.74, 6) is -0.643. The SMILES string of the molecule is Cc1ccc(NC(=O)CCc2c(C)c3c(C)nn(-c4ccccc4)c3n(C)c2=O)cc1F. The molecule has 0 aliphatic rings. The Morgan fingerprint density at radius 1 is 1.09 bits per heavy atom. The zero-order chi connectivity index (χ0) is 23.0. The van der Waals surface area contributed by atoms with Crippen molar-refractivity contribution in [3.8, 4) is 5.69 Å². The van der Waals surface area contributed by atoms with Crippen molar-refractivity contribution in [2.24, 2.45) is 7.05 Å². The normalized spacial score (nSPS) is 11.2. The van der Waals surface area contributed by atoms with Gasteiger partial charge in [-0.05, 0) is 62.6 Å². The smallest absolute Gasteiger partial charge is 0.255 e. The standard InChI is InChI=1S/C25H25FN4O2/c1-15-10-11-18(14-21(15)26)27-22(31)13-12-20-16(2)23-17(3)28-30(19-8-6-5-7-9-19)24(23)29(4)25(20)32/h5-11,14H,12-13H2,1-4H3,(H,27,31). The second-order valence-electron chi connectivity index (χ2n) is 8.01. The molecule has 164 valence electrons. The molecular weight excluding hydrogens is 407 g/mol. The summed E-state index contributed by atoms with van der Waals surface area (Å²) < 4.78 is 17.1. The summed E-state index contributed by atoms with van der Waals surface area (Å²) in [4.78, 5) is 25.6. The maximum absolute atomic E-state index is 13.7. The lowest BCUT2D eigenvalue weighted by Gasteiger charge is -2.13. The van der Waals surface area contributed by atoms with Gasteiger partial charge in [-0.3, -0.25) is 14.2 Å². The van der Waals surface area contributed by atoms with Gasteiger partial charge in [0.1, 0.15) is 11.5 Å². The van der Waals surface area contributed by atoms with E-state index in [1.165, 1.54) is 6.07 Å². The van der Waals surface area contributed by atoms with Gasteiger partial charge in [0, 0.05) is 30.1 Å². The summed E-state index contributed by atoms with van der Waals surface area (Å²) >= 11 is 0. The molecule has 2 heterocycles. The number of benzene rings is 2. The summed E-state index contributed by atoms with van der Waals surface area (Å²) in [6.07, 6.45) is 0.396. The van der Waals surface area contributed by atoms with Crippen LogP contribution in [0.25, 0.3) is 16.7 Å². The number of fused-ring (bicyclic) bond motifs is 1. The summed E-state index contributed by atoms with van der Waals surface area (Å²) in [6.45, 7) is 5.48. The number of aryl methyl sites for hydroxylation is 4. The minimum Gasteiger partial charge on any atom is -0.326 e. The van der Waals surface area contributed by atoms with Crippen molar-refractivity contribution in [3.63, 3.8) is 0 Å². The molecule has 4 rings (SSSR count). The van der Waals surface area contributed by atoms with Gasteiger partial charge in [-0.2, -0.15) is 5.10 Å². The molecule has 0 radical (unpaired) electrons. The van der Waals surface area contributed by atoms with Crippen LogP contribution in [0, 0.1) is 26.6 Å². The fourth-order valence-electron chi connectivity index (χ4n) is 4.05. The first-order valence-electron chi connectivity index (χ1n) is 10.5. The molecule has 4 aromatic rings. The third-order valence-corrected chi connectivity index (χ3v) is 5.80. The van der Waals surface area contributed by atoms with Crippen LogP contribution in [0.1, 0.15) is 28.8 Å². The van der Waals surface area contributed by atoms with Gasteiger partial charge < -0.3 is 5.32 Å². The highest BCUT2D eigenvalue weighted by atomic mass is 19.1. The van der Waals surface area contributed by atoms with Gasteiger partial charge >= 0.3 is 0 Å². The van der Waals surface area contributed by atoms with E-state index >= 15 is 0 Å². The molecule has 0 unspecified atom stereocenters. The van der Waals surface area contributed by atoms with Crippen molar-refractivity contribution in [2.75, 3.05) is 5.32 Å². The number of anilines is 1. The topological polar surface area (TPSA) is 68.9 Å². The molecular formula is C25H25FN4O2. The Bertz CT molecular complexity index is 1390. The van der Waals surface area contributed by atoms with Gasteiger partial charge in [0.2, 0.25) is 5.91 Å². The first-order valence-corrected chi connectivity index (χ1v) is 10.5. The second kappa shape index (κ2) is 8.42. The van der Waals surface area contributed by atoms with Crippen LogP contribution in [0.15, 0.2) is 53.3 Å². The molecule has 0 saturated carbocycles. The minimum absolute atomic E-state index is 0.114. The Labute approximate surface area is 185 Å². The number of halogens is 1. The predicted molar refractivity (Wildman–Crippen MR) is 124 cm³/mol. The number of pyridine rings is 1.